The largest absolute Gasteiger partial charge is 0.328 e. The number of likely N-dealkylation sites (N-methyl/N-ethyl adjacent to an activating group) is 1. The number of aryl methyl sites for hydroxylation is 1. The molecule has 8 heteroatoms. The molecule has 2 aromatic heterocycles. The highest BCUT2D eigenvalue weighted by Crippen LogP contribution is 2.17. The molecule has 1 aliphatic heterocycles. The Hall–Kier alpha value is -4.76. The first kappa shape index (κ1) is 25.9. The van der Waals surface area contributed by atoms with E-state index < -0.39 is 0 Å². The average Bonchev–Trinajstić information content (AvgIpc) is 3.45. The van der Waals surface area contributed by atoms with Crippen LogP contribution >= 0.6 is 0 Å². The van der Waals surface area contributed by atoms with Gasteiger partial charge in [0.05, 0.1) is 6.20 Å². The van der Waals surface area contributed by atoms with Crippen LogP contribution in [0.3, 0.4) is 0 Å². The van der Waals surface area contributed by atoms with E-state index >= 15 is 0 Å². The number of nitriles is 1. The second-order valence-electron chi connectivity index (χ2n) is 9.70. The minimum Gasteiger partial charge on any atom is -0.328 e. The third-order valence-corrected chi connectivity index (χ3v) is 6.76. The van der Waals surface area contributed by atoms with Gasteiger partial charge in [-0.2, -0.15) is 5.26 Å². The molecule has 1 aliphatic rings. The monoisotopic (exact) mass is 515 g/mol. The number of nitrogens with zero attached hydrogens (tertiary/aromatic N) is 5. The van der Waals surface area contributed by atoms with Crippen LogP contribution in [0.4, 0.5) is 5.69 Å². The zero-order chi connectivity index (χ0) is 27.2. The number of pyridine rings is 1. The fraction of sp³-hybridized carbons (Fsp3) is 0.226. The maximum Gasteiger partial charge on any atom is 0.255 e. The molecule has 0 saturated carbocycles. The van der Waals surface area contributed by atoms with E-state index in [1.165, 1.54) is 11.8 Å². The molecule has 4 aromatic rings. The molecule has 5 rings (SSSR count). The first-order chi connectivity index (χ1) is 19.0. The van der Waals surface area contributed by atoms with Crippen LogP contribution in [0.1, 0.15) is 38.3 Å². The van der Waals surface area contributed by atoms with Crippen molar-refractivity contribution in [3.8, 4) is 29.4 Å². The van der Waals surface area contributed by atoms with Gasteiger partial charge in [-0.15, -0.1) is 0 Å². The van der Waals surface area contributed by atoms with Gasteiger partial charge in [-0.3, -0.25) is 14.7 Å². The second kappa shape index (κ2) is 11.7. The van der Waals surface area contributed by atoms with Crippen molar-refractivity contribution in [2.45, 2.75) is 13.5 Å². The van der Waals surface area contributed by atoms with Crippen molar-refractivity contribution >= 4 is 11.6 Å². The van der Waals surface area contributed by atoms with E-state index in [-0.39, 0.29) is 5.91 Å². The van der Waals surface area contributed by atoms with E-state index in [4.69, 9.17) is 5.26 Å². The Bertz CT molecular complexity index is 1560. The van der Waals surface area contributed by atoms with E-state index in [1.807, 2.05) is 49.4 Å². The number of aromatic amines is 1. The number of amides is 1. The number of rotatable bonds is 5. The van der Waals surface area contributed by atoms with Crippen molar-refractivity contribution < 1.29 is 4.79 Å². The molecule has 1 saturated heterocycles. The molecule has 0 radical (unpaired) electrons. The highest BCUT2D eigenvalue weighted by molar-refractivity contribution is 6.04. The quantitative estimate of drug-likeness (QED) is 0.389. The third-order valence-electron chi connectivity index (χ3n) is 6.76. The molecule has 0 atom stereocenters. The summed E-state index contributed by atoms with van der Waals surface area (Å²) in [4.78, 5) is 29.2. The lowest BCUT2D eigenvalue weighted by Gasteiger charge is -2.32. The second-order valence-corrected chi connectivity index (χ2v) is 9.70. The number of hydrogen-bond donors (Lipinski definition) is 2. The molecule has 0 unspecified atom stereocenters. The van der Waals surface area contributed by atoms with Crippen LogP contribution in [0.25, 0.3) is 11.5 Å². The molecule has 0 spiro atoms. The molecule has 2 N–H and O–H groups in total. The number of imidazole rings is 1. The minimum atomic E-state index is -0.175. The minimum absolute atomic E-state index is 0.175. The Labute approximate surface area is 228 Å². The molecule has 1 fully saturated rings. The van der Waals surface area contributed by atoms with Gasteiger partial charge >= 0.3 is 0 Å². The topological polar surface area (TPSA) is 101 Å². The Kier molecular flexibility index (Phi) is 7.79. The van der Waals surface area contributed by atoms with E-state index in [2.05, 4.69) is 61.1 Å². The zero-order valence-corrected chi connectivity index (χ0v) is 22.0. The van der Waals surface area contributed by atoms with Crippen molar-refractivity contribution in [3.63, 3.8) is 0 Å². The maximum absolute atomic E-state index is 13.0. The number of anilines is 1. The molecule has 0 aliphatic carbocycles. The Morgan fingerprint density at radius 3 is 2.49 bits per heavy atom. The van der Waals surface area contributed by atoms with Crippen LogP contribution in [0.15, 0.2) is 67.0 Å². The van der Waals surface area contributed by atoms with Crippen LogP contribution in [-0.2, 0) is 6.54 Å². The van der Waals surface area contributed by atoms with E-state index in [1.54, 1.807) is 12.3 Å². The number of benzene rings is 2. The van der Waals surface area contributed by atoms with Gasteiger partial charge in [-0.1, -0.05) is 30.0 Å². The number of carbonyl (C=O) groups is 1. The van der Waals surface area contributed by atoms with Crippen LogP contribution < -0.4 is 5.32 Å². The molecule has 3 heterocycles. The highest BCUT2D eigenvalue weighted by Gasteiger charge is 2.14. The zero-order valence-electron chi connectivity index (χ0n) is 22.0. The lowest BCUT2D eigenvalue weighted by Crippen LogP contribution is -2.43. The van der Waals surface area contributed by atoms with Crippen molar-refractivity contribution in [2.24, 2.45) is 0 Å². The fourth-order valence-corrected chi connectivity index (χ4v) is 4.31. The normalized spacial score (nSPS) is 13.8. The van der Waals surface area contributed by atoms with Crippen LogP contribution in [0, 0.1) is 30.1 Å². The summed E-state index contributed by atoms with van der Waals surface area (Å²) >= 11 is 0. The standard InChI is InChI=1S/C31H29N7O/c1-22-3-8-26(31(39)36-27-10-5-24(6-11-27)21-38-15-13-37(2)14-16-38)17-25(22)9-4-23-7-12-29(33-19-23)30-34-20-28(18-32)35-30/h3,5-8,10-12,17,19-20H,13-16,21H2,1-2H3,(H,34,35)(H,36,39). The molecule has 39 heavy (non-hydrogen) atoms. The van der Waals surface area contributed by atoms with Gasteiger partial charge in [0.25, 0.3) is 5.91 Å². The first-order valence-corrected chi connectivity index (χ1v) is 12.8. The van der Waals surface area contributed by atoms with Crippen molar-refractivity contribution in [2.75, 3.05) is 38.5 Å². The highest BCUT2D eigenvalue weighted by atomic mass is 16.1. The number of H-pyrrole nitrogens is 1. The van der Waals surface area contributed by atoms with Crippen LogP contribution in [0.2, 0.25) is 0 Å². The fourth-order valence-electron chi connectivity index (χ4n) is 4.31. The van der Waals surface area contributed by atoms with E-state index in [9.17, 15) is 4.79 Å². The summed E-state index contributed by atoms with van der Waals surface area (Å²) in [5.74, 6) is 6.64. The smallest absolute Gasteiger partial charge is 0.255 e. The predicted octanol–water partition coefficient (Wildman–Crippen LogP) is 4.05. The summed E-state index contributed by atoms with van der Waals surface area (Å²) in [7, 11) is 2.16. The Balaban J connectivity index is 1.22. The van der Waals surface area contributed by atoms with Crippen LogP contribution in [0.5, 0.6) is 0 Å². The average molecular weight is 516 g/mol. The van der Waals surface area contributed by atoms with Crippen molar-refractivity contribution in [1.29, 1.82) is 5.26 Å². The lowest BCUT2D eigenvalue weighted by atomic mass is 10.0. The van der Waals surface area contributed by atoms with Gasteiger partial charge in [0.2, 0.25) is 0 Å². The van der Waals surface area contributed by atoms with Gasteiger partial charge in [0, 0.05) is 61.3 Å². The van der Waals surface area contributed by atoms with Gasteiger partial charge < -0.3 is 15.2 Å². The van der Waals surface area contributed by atoms with Gasteiger partial charge in [0.15, 0.2) is 5.82 Å². The Morgan fingerprint density at radius 1 is 1.00 bits per heavy atom. The summed E-state index contributed by atoms with van der Waals surface area (Å²) in [5, 5.41) is 11.9. The SMILES string of the molecule is Cc1ccc(C(=O)Nc2ccc(CN3CCN(C)CC3)cc2)cc1C#Cc1ccc(-c2ncc(C#N)[nH]2)nc1. The van der Waals surface area contributed by atoms with Gasteiger partial charge in [-0.05, 0) is 61.5 Å². The Morgan fingerprint density at radius 2 is 1.79 bits per heavy atom. The molecule has 194 valence electrons. The molecular formula is C31H29N7O. The summed E-state index contributed by atoms with van der Waals surface area (Å²) in [6, 6.07) is 19.3. The number of hydrogen-bond acceptors (Lipinski definition) is 6. The van der Waals surface area contributed by atoms with E-state index in [0.717, 1.165) is 55.1 Å². The lowest BCUT2D eigenvalue weighted by molar-refractivity contribution is 0.102. The molecule has 1 amide bonds. The number of piperazine rings is 1. The van der Waals surface area contributed by atoms with Gasteiger partial charge in [-0.25, -0.2) is 4.98 Å². The van der Waals surface area contributed by atoms with Crippen molar-refractivity contribution in [3.05, 3.63) is 101 Å². The third kappa shape index (κ3) is 6.58. The van der Waals surface area contributed by atoms with E-state index in [0.29, 0.717) is 22.8 Å². The summed E-state index contributed by atoms with van der Waals surface area (Å²) in [6.45, 7) is 7.23. The first-order valence-electron chi connectivity index (χ1n) is 12.8. The number of carbonyl (C=O) groups excluding carboxylic acids is 1. The molecular weight excluding hydrogens is 486 g/mol. The molecule has 2 aromatic carbocycles. The summed E-state index contributed by atoms with van der Waals surface area (Å²) in [6.07, 6.45) is 3.14. The summed E-state index contributed by atoms with van der Waals surface area (Å²) in [5.41, 5.74) is 6.06. The number of nitrogens with one attached hydrogen (secondary N) is 2. The maximum atomic E-state index is 13.0. The predicted molar refractivity (Wildman–Crippen MR) is 151 cm³/mol. The van der Waals surface area contributed by atoms with Crippen LogP contribution in [-0.4, -0.2) is 63.9 Å². The molecule has 8 nitrogen and oxygen atoms in total. The molecule has 0 bridgehead atoms. The van der Waals surface area contributed by atoms with Gasteiger partial charge in [0.1, 0.15) is 17.5 Å². The van der Waals surface area contributed by atoms with Crippen molar-refractivity contribution in [1.82, 2.24) is 24.8 Å². The number of aromatic nitrogens is 3. The summed E-state index contributed by atoms with van der Waals surface area (Å²) < 4.78 is 0.